The van der Waals surface area contributed by atoms with Crippen molar-refractivity contribution in [3.05, 3.63) is 83.1 Å². The number of aryl methyl sites for hydroxylation is 2. The lowest BCUT2D eigenvalue weighted by Crippen LogP contribution is -2.28. The number of rotatable bonds is 14. The van der Waals surface area contributed by atoms with E-state index in [-0.39, 0.29) is 23.3 Å². The normalized spacial score (nSPS) is 10.8. The van der Waals surface area contributed by atoms with Gasteiger partial charge in [0, 0.05) is 48.9 Å². The molecule has 4 aromatic rings. The maximum absolute atomic E-state index is 13.7. The van der Waals surface area contributed by atoms with E-state index in [2.05, 4.69) is 20.6 Å². The van der Waals surface area contributed by atoms with Crippen molar-refractivity contribution in [3.63, 3.8) is 0 Å². The molecular formula is C36H41N5O7. The summed E-state index contributed by atoms with van der Waals surface area (Å²) < 4.78 is 28.3. The highest BCUT2D eigenvalue weighted by atomic mass is 16.5. The first kappa shape index (κ1) is 35.1. The van der Waals surface area contributed by atoms with Crippen LogP contribution >= 0.6 is 0 Å². The van der Waals surface area contributed by atoms with Gasteiger partial charge in [-0.3, -0.25) is 9.59 Å². The number of carbonyl (C=O) groups is 2. The van der Waals surface area contributed by atoms with Gasteiger partial charge in [0.05, 0.1) is 28.4 Å². The Morgan fingerprint density at radius 1 is 0.833 bits per heavy atom. The van der Waals surface area contributed by atoms with Crippen molar-refractivity contribution >= 4 is 35.2 Å². The predicted octanol–water partition coefficient (Wildman–Crippen LogP) is 6.80. The van der Waals surface area contributed by atoms with Gasteiger partial charge in [-0.05, 0) is 62.6 Å². The van der Waals surface area contributed by atoms with Gasteiger partial charge in [0.1, 0.15) is 5.56 Å². The lowest BCUT2D eigenvalue weighted by molar-refractivity contribution is -0.125. The molecular weight excluding hydrogens is 614 g/mol. The molecule has 1 heterocycles. The summed E-state index contributed by atoms with van der Waals surface area (Å²) in [7, 11) is 6.06. The predicted molar refractivity (Wildman–Crippen MR) is 185 cm³/mol. The molecule has 0 saturated carbocycles. The molecule has 252 valence electrons. The number of hydrogen-bond donors (Lipinski definition) is 2. The molecule has 0 saturated heterocycles. The van der Waals surface area contributed by atoms with Crippen LogP contribution in [0.5, 0.6) is 34.6 Å². The van der Waals surface area contributed by atoms with E-state index >= 15 is 0 Å². The van der Waals surface area contributed by atoms with Crippen LogP contribution in [0.3, 0.4) is 0 Å². The number of amides is 2. The molecule has 12 heteroatoms. The maximum atomic E-state index is 13.7. The fourth-order valence-electron chi connectivity index (χ4n) is 4.92. The number of benzene rings is 3. The Labute approximate surface area is 280 Å². The number of hydrogen-bond acceptors (Lipinski definition) is 10. The highest BCUT2D eigenvalue weighted by Gasteiger charge is 2.21. The van der Waals surface area contributed by atoms with Crippen LogP contribution in [0.1, 0.15) is 40.9 Å². The number of aromatic nitrogens is 2. The summed E-state index contributed by atoms with van der Waals surface area (Å²) >= 11 is 0. The van der Waals surface area contributed by atoms with Crippen LogP contribution in [0.25, 0.3) is 6.08 Å². The molecule has 0 fully saturated rings. The molecule has 12 nitrogen and oxygen atoms in total. The van der Waals surface area contributed by atoms with Gasteiger partial charge in [0.2, 0.25) is 23.5 Å². The number of carbonyl (C=O) groups excluding carboxylic acids is 2. The van der Waals surface area contributed by atoms with Gasteiger partial charge in [-0.25, -0.2) is 4.98 Å². The van der Waals surface area contributed by atoms with E-state index in [0.717, 1.165) is 16.7 Å². The SMILES string of the molecule is CCN(CC)C(=O)/C=C/c1ccc(Oc2nc(Nc3cc(OC)c(OC)c(OC)c3)ncc2C(=O)Nc2c(C)cccc2C)c(OC)c1. The molecule has 4 rings (SSSR count). The van der Waals surface area contributed by atoms with Gasteiger partial charge < -0.3 is 39.2 Å². The smallest absolute Gasteiger partial charge is 0.262 e. The molecule has 0 bridgehead atoms. The largest absolute Gasteiger partial charge is 0.493 e. The quantitative estimate of drug-likeness (QED) is 0.140. The van der Waals surface area contributed by atoms with Gasteiger partial charge in [-0.1, -0.05) is 24.3 Å². The van der Waals surface area contributed by atoms with Gasteiger partial charge in [-0.2, -0.15) is 4.98 Å². The average molecular weight is 656 g/mol. The van der Waals surface area contributed by atoms with Crippen molar-refractivity contribution in [2.45, 2.75) is 27.7 Å². The lowest BCUT2D eigenvalue weighted by Gasteiger charge is -2.17. The Kier molecular flexibility index (Phi) is 11.8. The van der Waals surface area contributed by atoms with Crippen LogP contribution in [-0.2, 0) is 4.79 Å². The molecule has 2 N–H and O–H groups in total. The van der Waals surface area contributed by atoms with Gasteiger partial charge >= 0.3 is 0 Å². The minimum Gasteiger partial charge on any atom is -0.493 e. The number of methoxy groups -OCH3 is 4. The summed E-state index contributed by atoms with van der Waals surface area (Å²) in [6.45, 7) is 8.92. The van der Waals surface area contributed by atoms with Crippen LogP contribution in [0.2, 0.25) is 0 Å². The summed E-state index contributed by atoms with van der Waals surface area (Å²) in [6, 6.07) is 14.3. The van der Waals surface area contributed by atoms with Crippen molar-refractivity contribution in [1.82, 2.24) is 14.9 Å². The Hall–Kier alpha value is -5.78. The van der Waals surface area contributed by atoms with Crippen LogP contribution in [-0.4, -0.2) is 68.2 Å². The van der Waals surface area contributed by atoms with Crippen LogP contribution < -0.4 is 34.3 Å². The third-order valence-electron chi connectivity index (χ3n) is 7.53. The number of anilines is 3. The third kappa shape index (κ3) is 8.13. The molecule has 1 aromatic heterocycles. The number of likely N-dealkylation sites (N-methyl/N-ethyl adjacent to an activating group) is 1. The summed E-state index contributed by atoms with van der Waals surface area (Å²) in [6.07, 6.45) is 4.61. The van der Waals surface area contributed by atoms with Crippen LogP contribution in [0.4, 0.5) is 17.3 Å². The topological polar surface area (TPSA) is 133 Å². The van der Waals surface area contributed by atoms with Crippen LogP contribution in [0, 0.1) is 13.8 Å². The van der Waals surface area contributed by atoms with E-state index in [9.17, 15) is 9.59 Å². The molecule has 0 radical (unpaired) electrons. The first-order valence-corrected chi connectivity index (χ1v) is 15.3. The number of nitrogens with zero attached hydrogens (tertiary/aromatic N) is 3. The zero-order valence-corrected chi connectivity index (χ0v) is 28.5. The first-order chi connectivity index (χ1) is 23.1. The Bertz CT molecular complexity index is 1760. The molecule has 0 aliphatic carbocycles. The van der Waals surface area contributed by atoms with E-state index in [1.54, 1.807) is 41.3 Å². The molecule has 2 amide bonds. The summed E-state index contributed by atoms with van der Waals surface area (Å²) in [5, 5.41) is 6.10. The average Bonchev–Trinajstić information content (AvgIpc) is 3.09. The highest BCUT2D eigenvalue weighted by molar-refractivity contribution is 6.06. The molecule has 0 spiro atoms. The second-order valence-electron chi connectivity index (χ2n) is 10.5. The molecule has 0 aliphatic heterocycles. The summed E-state index contributed by atoms with van der Waals surface area (Å²) in [5.41, 5.74) is 3.83. The standard InChI is InChI=1S/C36H41N5O7/c1-9-41(10-2)31(42)17-15-24-14-16-27(28(18-24)44-5)48-35-26(34(43)39-32-22(3)12-11-13-23(32)4)21-37-36(40-35)38-25-19-29(45-6)33(47-8)30(20-25)46-7/h11-21H,9-10H2,1-8H3,(H,39,43)(H,37,38,40)/b17-15+. The van der Waals surface area contributed by atoms with E-state index in [4.69, 9.17) is 23.7 Å². The van der Waals surface area contributed by atoms with E-state index < -0.39 is 5.91 Å². The molecule has 48 heavy (non-hydrogen) atoms. The Balaban J connectivity index is 1.73. The first-order valence-electron chi connectivity index (χ1n) is 15.3. The number of nitrogens with one attached hydrogen (secondary N) is 2. The Morgan fingerprint density at radius 2 is 1.48 bits per heavy atom. The maximum Gasteiger partial charge on any atom is 0.262 e. The fourth-order valence-corrected chi connectivity index (χ4v) is 4.92. The van der Waals surface area contributed by atoms with Crippen molar-refractivity contribution in [3.8, 4) is 34.6 Å². The third-order valence-corrected chi connectivity index (χ3v) is 7.53. The zero-order valence-electron chi connectivity index (χ0n) is 28.5. The summed E-state index contributed by atoms with van der Waals surface area (Å²) in [5.74, 6) is 1.50. The monoisotopic (exact) mass is 655 g/mol. The van der Waals surface area contributed by atoms with E-state index in [1.165, 1.54) is 40.7 Å². The van der Waals surface area contributed by atoms with Crippen molar-refractivity contribution in [2.75, 3.05) is 52.2 Å². The highest BCUT2D eigenvalue weighted by Crippen LogP contribution is 2.41. The number of para-hydroxylation sites is 1. The Morgan fingerprint density at radius 3 is 2.06 bits per heavy atom. The molecule has 0 unspecified atom stereocenters. The van der Waals surface area contributed by atoms with Gasteiger partial charge in [0.15, 0.2) is 23.0 Å². The van der Waals surface area contributed by atoms with Crippen LogP contribution in [0.15, 0.2) is 60.8 Å². The summed E-state index contributed by atoms with van der Waals surface area (Å²) in [4.78, 5) is 36.9. The minimum absolute atomic E-state index is 0.0259. The molecule has 0 atom stereocenters. The number of ether oxygens (including phenoxy) is 5. The van der Waals surface area contributed by atoms with E-state index in [1.807, 2.05) is 45.9 Å². The van der Waals surface area contributed by atoms with E-state index in [0.29, 0.717) is 53.2 Å². The second-order valence-corrected chi connectivity index (χ2v) is 10.5. The zero-order chi connectivity index (χ0) is 34.8. The minimum atomic E-state index is -0.463. The fraction of sp³-hybridized carbons (Fsp3) is 0.278. The van der Waals surface area contributed by atoms with Gasteiger partial charge in [-0.15, -0.1) is 0 Å². The van der Waals surface area contributed by atoms with Crippen molar-refractivity contribution in [2.24, 2.45) is 0 Å². The molecule has 0 aliphatic rings. The van der Waals surface area contributed by atoms with Crippen molar-refractivity contribution in [1.29, 1.82) is 0 Å². The lowest BCUT2D eigenvalue weighted by atomic mass is 10.1. The van der Waals surface area contributed by atoms with Gasteiger partial charge in [0.25, 0.3) is 5.91 Å². The second kappa shape index (κ2) is 16.2. The van der Waals surface area contributed by atoms with Crippen molar-refractivity contribution < 1.29 is 33.3 Å². The molecule has 3 aromatic carbocycles.